The van der Waals surface area contributed by atoms with Crippen molar-refractivity contribution in [2.75, 3.05) is 19.7 Å². The van der Waals surface area contributed by atoms with Crippen LogP contribution in [0.5, 0.6) is 0 Å². The van der Waals surface area contributed by atoms with Crippen LogP contribution >= 0.6 is 0 Å². The Kier molecular flexibility index (Phi) is 5.33. The Labute approximate surface area is 125 Å². The van der Waals surface area contributed by atoms with Crippen molar-refractivity contribution in [2.24, 2.45) is 11.7 Å². The number of hydrogen-bond donors (Lipinski definition) is 1. The van der Waals surface area contributed by atoms with Crippen LogP contribution in [0.25, 0.3) is 0 Å². The number of nitrogens with zero attached hydrogens (tertiary/aromatic N) is 1. The summed E-state index contributed by atoms with van der Waals surface area (Å²) in [7, 11) is 0. The van der Waals surface area contributed by atoms with Crippen LogP contribution in [0.3, 0.4) is 0 Å². The molecule has 0 aliphatic carbocycles. The zero-order valence-electron chi connectivity index (χ0n) is 12.3. The van der Waals surface area contributed by atoms with Gasteiger partial charge < -0.3 is 15.4 Å². The third kappa shape index (κ3) is 3.82. The van der Waals surface area contributed by atoms with Gasteiger partial charge in [0.15, 0.2) is 0 Å². The van der Waals surface area contributed by atoms with E-state index >= 15 is 0 Å². The number of likely N-dealkylation sites (tertiary alicyclic amines) is 1. The molecule has 1 aromatic carbocycles. The largest absolute Gasteiger partial charge is 0.466 e. The van der Waals surface area contributed by atoms with Crippen LogP contribution in [0.2, 0.25) is 0 Å². The fourth-order valence-electron chi connectivity index (χ4n) is 2.63. The van der Waals surface area contributed by atoms with Gasteiger partial charge in [-0.25, -0.2) is 0 Å². The number of ether oxygens (including phenoxy) is 1. The minimum absolute atomic E-state index is 0.129. The number of carbonyl (C=O) groups is 2. The highest BCUT2D eigenvalue weighted by Crippen LogP contribution is 2.21. The number of benzene rings is 1. The fourth-order valence-corrected chi connectivity index (χ4v) is 2.63. The normalized spacial score (nSPS) is 19.9. The molecule has 1 amide bonds. The molecule has 114 valence electrons. The van der Waals surface area contributed by atoms with E-state index in [-0.39, 0.29) is 17.8 Å². The predicted octanol–water partition coefficient (Wildman–Crippen LogP) is 1.49. The SMILES string of the molecule is CCOC(=O)C1CCCN(C(=O)[C@@H](N)c2ccccc2)C1. The highest BCUT2D eigenvalue weighted by atomic mass is 16.5. The number of hydrogen-bond acceptors (Lipinski definition) is 4. The first-order chi connectivity index (χ1) is 10.1. The fraction of sp³-hybridized carbons (Fsp3) is 0.500. The van der Waals surface area contributed by atoms with Crippen LogP contribution in [0, 0.1) is 5.92 Å². The molecule has 1 heterocycles. The second kappa shape index (κ2) is 7.22. The molecule has 2 atom stereocenters. The molecular formula is C16H22N2O3. The third-order valence-corrected chi connectivity index (χ3v) is 3.78. The number of piperidine rings is 1. The van der Waals surface area contributed by atoms with Crippen LogP contribution in [0.1, 0.15) is 31.4 Å². The van der Waals surface area contributed by atoms with Crippen molar-refractivity contribution < 1.29 is 14.3 Å². The summed E-state index contributed by atoms with van der Waals surface area (Å²) in [5, 5.41) is 0. The van der Waals surface area contributed by atoms with E-state index in [9.17, 15) is 9.59 Å². The van der Waals surface area contributed by atoms with Crippen molar-refractivity contribution in [1.29, 1.82) is 0 Å². The molecule has 1 aromatic rings. The highest BCUT2D eigenvalue weighted by Gasteiger charge is 2.31. The number of rotatable bonds is 4. The van der Waals surface area contributed by atoms with Crippen molar-refractivity contribution in [3.8, 4) is 0 Å². The van der Waals surface area contributed by atoms with Gasteiger partial charge in [-0.2, -0.15) is 0 Å². The molecule has 1 unspecified atom stereocenters. The summed E-state index contributed by atoms with van der Waals surface area (Å²) >= 11 is 0. The molecule has 0 spiro atoms. The van der Waals surface area contributed by atoms with Gasteiger partial charge in [0.25, 0.3) is 0 Å². The Morgan fingerprint density at radius 3 is 2.76 bits per heavy atom. The van der Waals surface area contributed by atoms with Gasteiger partial charge in [-0.3, -0.25) is 9.59 Å². The van der Waals surface area contributed by atoms with Crippen LogP contribution in [0.4, 0.5) is 0 Å². The average molecular weight is 290 g/mol. The monoisotopic (exact) mass is 290 g/mol. The maximum atomic E-state index is 12.5. The summed E-state index contributed by atoms with van der Waals surface area (Å²) < 4.78 is 5.05. The van der Waals surface area contributed by atoms with Crippen molar-refractivity contribution >= 4 is 11.9 Å². The Morgan fingerprint density at radius 1 is 1.38 bits per heavy atom. The summed E-state index contributed by atoms with van der Waals surface area (Å²) in [5.74, 6) is -0.580. The van der Waals surface area contributed by atoms with E-state index < -0.39 is 6.04 Å². The van der Waals surface area contributed by atoms with Crippen molar-refractivity contribution in [1.82, 2.24) is 4.90 Å². The van der Waals surface area contributed by atoms with Gasteiger partial charge in [-0.05, 0) is 25.3 Å². The molecule has 1 saturated heterocycles. The van der Waals surface area contributed by atoms with Gasteiger partial charge in [0, 0.05) is 13.1 Å². The maximum Gasteiger partial charge on any atom is 0.310 e. The minimum atomic E-state index is -0.674. The molecule has 1 fully saturated rings. The molecule has 0 saturated carbocycles. The maximum absolute atomic E-state index is 12.5. The lowest BCUT2D eigenvalue weighted by molar-refractivity contribution is -0.151. The van der Waals surface area contributed by atoms with E-state index in [0.29, 0.717) is 19.7 Å². The van der Waals surface area contributed by atoms with E-state index in [1.54, 1.807) is 11.8 Å². The van der Waals surface area contributed by atoms with Gasteiger partial charge in [-0.15, -0.1) is 0 Å². The van der Waals surface area contributed by atoms with Crippen LogP contribution < -0.4 is 5.73 Å². The van der Waals surface area contributed by atoms with Crippen molar-refractivity contribution in [3.05, 3.63) is 35.9 Å². The van der Waals surface area contributed by atoms with Crippen molar-refractivity contribution in [2.45, 2.75) is 25.8 Å². The first-order valence-corrected chi connectivity index (χ1v) is 7.39. The molecule has 2 N–H and O–H groups in total. The van der Waals surface area contributed by atoms with E-state index in [1.165, 1.54) is 0 Å². The molecular weight excluding hydrogens is 268 g/mol. The first kappa shape index (κ1) is 15.5. The average Bonchev–Trinajstić information content (AvgIpc) is 2.54. The molecule has 1 aliphatic rings. The zero-order chi connectivity index (χ0) is 15.2. The Hall–Kier alpha value is -1.88. The highest BCUT2D eigenvalue weighted by molar-refractivity contribution is 5.84. The Balaban J connectivity index is 2.00. The second-order valence-corrected chi connectivity index (χ2v) is 5.26. The number of nitrogens with two attached hydrogens (primary N) is 1. The molecule has 0 radical (unpaired) electrons. The summed E-state index contributed by atoms with van der Waals surface area (Å²) in [6, 6.07) is 8.62. The predicted molar refractivity (Wildman–Crippen MR) is 79.3 cm³/mol. The molecule has 21 heavy (non-hydrogen) atoms. The third-order valence-electron chi connectivity index (χ3n) is 3.78. The lowest BCUT2D eigenvalue weighted by Gasteiger charge is -2.33. The Morgan fingerprint density at radius 2 is 2.10 bits per heavy atom. The molecule has 1 aliphatic heterocycles. The quantitative estimate of drug-likeness (QED) is 0.853. The van der Waals surface area contributed by atoms with Gasteiger partial charge in [0.1, 0.15) is 6.04 Å². The van der Waals surface area contributed by atoms with Gasteiger partial charge >= 0.3 is 5.97 Å². The van der Waals surface area contributed by atoms with E-state index in [1.807, 2.05) is 30.3 Å². The number of carbonyl (C=O) groups excluding carboxylic acids is 2. The van der Waals surface area contributed by atoms with E-state index in [0.717, 1.165) is 18.4 Å². The molecule has 0 bridgehead atoms. The first-order valence-electron chi connectivity index (χ1n) is 7.39. The van der Waals surface area contributed by atoms with Gasteiger partial charge in [0.05, 0.1) is 12.5 Å². The molecule has 0 aromatic heterocycles. The van der Waals surface area contributed by atoms with E-state index in [2.05, 4.69) is 0 Å². The smallest absolute Gasteiger partial charge is 0.310 e. The number of esters is 1. The molecule has 2 rings (SSSR count). The Bertz CT molecular complexity index is 490. The lowest BCUT2D eigenvalue weighted by atomic mass is 9.96. The van der Waals surface area contributed by atoms with Crippen molar-refractivity contribution in [3.63, 3.8) is 0 Å². The molecule has 5 heteroatoms. The standard InChI is InChI=1S/C16H22N2O3/c1-2-21-16(20)13-9-6-10-18(11-13)15(19)14(17)12-7-4-3-5-8-12/h3-5,7-8,13-14H,2,6,9-11,17H2,1H3/t13?,14-/m0/s1. The summed E-state index contributed by atoms with van der Waals surface area (Å²) in [5.41, 5.74) is 6.83. The molecule has 5 nitrogen and oxygen atoms in total. The van der Waals surface area contributed by atoms with Gasteiger partial charge in [-0.1, -0.05) is 30.3 Å². The second-order valence-electron chi connectivity index (χ2n) is 5.26. The topological polar surface area (TPSA) is 72.6 Å². The van der Waals surface area contributed by atoms with E-state index in [4.69, 9.17) is 10.5 Å². The minimum Gasteiger partial charge on any atom is -0.466 e. The van der Waals surface area contributed by atoms with Gasteiger partial charge in [0.2, 0.25) is 5.91 Å². The summed E-state index contributed by atoms with van der Waals surface area (Å²) in [6.45, 7) is 3.20. The zero-order valence-corrected chi connectivity index (χ0v) is 12.3. The number of amides is 1. The summed E-state index contributed by atoms with van der Waals surface area (Å²) in [4.78, 5) is 26.0. The summed E-state index contributed by atoms with van der Waals surface area (Å²) in [6.07, 6.45) is 1.57. The van der Waals surface area contributed by atoms with Crippen LogP contribution in [-0.2, 0) is 14.3 Å². The van der Waals surface area contributed by atoms with Crippen LogP contribution in [-0.4, -0.2) is 36.5 Å². The lowest BCUT2D eigenvalue weighted by Crippen LogP contribution is -2.46. The van der Waals surface area contributed by atoms with Crippen LogP contribution in [0.15, 0.2) is 30.3 Å².